The highest BCUT2D eigenvalue weighted by atomic mass is 14.9. The van der Waals surface area contributed by atoms with E-state index in [0.717, 1.165) is 28.3 Å². The van der Waals surface area contributed by atoms with E-state index in [1.54, 1.807) is 0 Å². The molecular formula is C37H28N2. The molecule has 0 spiro atoms. The van der Waals surface area contributed by atoms with E-state index in [4.69, 9.17) is 4.98 Å². The topological polar surface area (TPSA) is 25.8 Å². The summed E-state index contributed by atoms with van der Waals surface area (Å²) in [5, 5.41) is 7.78. The number of benzene rings is 6. The Morgan fingerprint density at radius 1 is 0.385 bits per heavy atom. The highest BCUT2D eigenvalue weighted by Crippen LogP contribution is 2.38. The van der Waals surface area contributed by atoms with Gasteiger partial charge in [-0.05, 0) is 99.1 Å². The Morgan fingerprint density at radius 3 is 1.44 bits per heavy atom. The molecule has 0 amide bonds. The van der Waals surface area contributed by atoms with Gasteiger partial charge in [-0.3, -0.25) is 0 Å². The summed E-state index contributed by atoms with van der Waals surface area (Å²) in [6.45, 7) is 6.11. The zero-order valence-corrected chi connectivity index (χ0v) is 22.4. The molecule has 0 bridgehead atoms. The normalized spacial score (nSPS) is 11.5. The summed E-state index contributed by atoms with van der Waals surface area (Å²) in [6.07, 6.45) is 0. The molecule has 0 atom stereocenters. The Balaban J connectivity index is 1.36. The summed E-state index contributed by atoms with van der Waals surface area (Å²) in [7, 11) is 0. The van der Waals surface area contributed by atoms with E-state index in [9.17, 15) is 0 Å². The van der Waals surface area contributed by atoms with Crippen LogP contribution in [0.5, 0.6) is 0 Å². The third kappa shape index (κ3) is 3.97. The number of aromatic nitrogens is 2. The van der Waals surface area contributed by atoms with Crippen molar-refractivity contribution in [3.63, 3.8) is 0 Å². The van der Waals surface area contributed by atoms with Crippen molar-refractivity contribution in [1.29, 1.82) is 0 Å². The van der Waals surface area contributed by atoms with Crippen molar-refractivity contribution < 1.29 is 0 Å². The highest BCUT2D eigenvalue weighted by Gasteiger charge is 2.12. The smallest absolute Gasteiger partial charge is 0.126 e. The minimum atomic E-state index is 0.803. The zero-order chi connectivity index (χ0) is 26.5. The fourth-order valence-electron chi connectivity index (χ4n) is 5.86. The third-order valence-electron chi connectivity index (χ3n) is 7.91. The number of hydrogen-bond acceptors (Lipinski definition) is 2. The molecule has 0 aliphatic rings. The summed E-state index contributed by atoms with van der Waals surface area (Å²) in [6, 6.07) is 41.9. The first-order chi connectivity index (χ1) is 19.1. The van der Waals surface area contributed by atoms with Crippen LogP contribution in [0.2, 0.25) is 0 Å². The van der Waals surface area contributed by atoms with Crippen LogP contribution in [0.3, 0.4) is 0 Å². The lowest BCUT2D eigenvalue weighted by Crippen LogP contribution is -1.99. The molecule has 0 radical (unpaired) electrons. The van der Waals surface area contributed by atoms with Crippen molar-refractivity contribution in [2.24, 2.45) is 0 Å². The van der Waals surface area contributed by atoms with Gasteiger partial charge in [0.05, 0.1) is 5.69 Å². The number of nitrogens with zero attached hydrogens (tertiary/aromatic N) is 2. The van der Waals surface area contributed by atoms with Crippen LogP contribution >= 0.6 is 0 Å². The van der Waals surface area contributed by atoms with Crippen LogP contribution in [-0.4, -0.2) is 9.97 Å². The van der Waals surface area contributed by atoms with Crippen molar-refractivity contribution in [2.75, 3.05) is 0 Å². The number of fused-ring (bicyclic) bond motifs is 6. The molecule has 0 N–H and O–H groups in total. The fourth-order valence-corrected chi connectivity index (χ4v) is 5.86. The van der Waals surface area contributed by atoms with Crippen LogP contribution in [0.4, 0.5) is 0 Å². The molecule has 39 heavy (non-hydrogen) atoms. The van der Waals surface area contributed by atoms with Crippen molar-refractivity contribution in [3.05, 3.63) is 132 Å². The first-order valence-electron chi connectivity index (χ1n) is 13.4. The first-order valence-corrected chi connectivity index (χ1v) is 13.4. The van der Waals surface area contributed by atoms with Crippen molar-refractivity contribution >= 4 is 32.3 Å². The highest BCUT2D eigenvalue weighted by molar-refractivity contribution is 6.25. The van der Waals surface area contributed by atoms with Gasteiger partial charge in [-0.2, -0.15) is 0 Å². The Labute approximate surface area is 228 Å². The Bertz CT molecular complexity index is 2020. The van der Waals surface area contributed by atoms with Crippen LogP contribution < -0.4 is 0 Å². The second kappa shape index (κ2) is 9.18. The van der Waals surface area contributed by atoms with Crippen molar-refractivity contribution in [3.8, 4) is 33.5 Å². The van der Waals surface area contributed by atoms with Gasteiger partial charge in [-0.15, -0.1) is 0 Å². The predicted molar refractivity (Wildman–Crippen MR) is 165 cm³/mol. The number of aryl methyl sites for hydroxylation is 2. The zero-order valence-electron chi connectivity index (χ0n) is 22.4. The van der Waals surface area contributed by atoms with Crippen LogP contribution in [0.15, 0.2) is 115 Å². The van der Waals surface area contributed by atoms with Gasteiger partial charge >= 0.3 is 0 Å². The molecule has 0 aliphatic heterocycles. The molecular weight excluding hydrogens is 472 g/mol. The summed E-state index contributed by atoms with van der Waals surface area (Å²) in [5.41, 5.74) is 9.09. The minimum absolute atomic E-state index is 0.803. The monoisotopic (exact) mass is 500 g/mol. The molecule has 2 nitrogen and oxygen atoms in total. The number of rotatable bonds is 3. The predicted octanol–water partition coefficient (Wildman–Crippen LogP) is 9.86. The Hall–Kier alpha value is -4.82. The van der Waals surface area contributed by atoms with Gasteiger partial charge in [-0.25, -0.2) is 9.97 Å². The van der Waals surface area contributed by atoms with E-state index in [0.29, 0.717) is 0 Å². The maximum Gasteiger partial charge on any atom is 0.126 e. The Kier molecular flexibility index (Phi) is 5.49. The fraction of sp³-hybridized carbons (Fsp3) is 0.0811. The molecule has 2 heteroatoms. The van der Waals surface area contributed by atoms with E-state index >= 15 is 0 Å². The Morgan fingerprint density at radius 2 is 0.846 bits per heavy atom. The molecule has 0 aliphatic carbocycles. The second-order valence-corrected chi connectivity index (χ2v) is 10.3. The van der Waals surface area contributed by atoms with Gasteiger partial charge in [0.25, 0.3) is 0 Å². The maximum atomic E-state index is 4.77. The van der Waals surface area contributed by atoms with E-state index < -0.39 is 0 Å². The summed E-state index contributed by atoms with van der Waals surface area (Å²) >= 11 is 0. The summed E-state index contributed by atoms with van der Waals surface area (Å²) in [4.78, 5) is 9.30. The van der Waals surface area contributed by atoms with E-state index in [2.05, 4.69) is 134 Å². The largest absolute Gasteiger partial charge is 0.238 e. The van der Waals surface area contributed by atoms with Crippen molar-refractivity contribution in [2.45, 2.75) is 20.8 Å². The maximum absolute atomic E-state index is 4.77. The second-order valence-electron chi connectivity index (χ2n) is 10.3. The van der Waals surface area contributed by atoms with Gasteiger partial charge < -0.3 is 0 Å². The molecule has 1 heterocycles. The molecule has 0 saturated heterocycles. The molecule has 0 fully saturated rings. The van der Waals surface area contributed by atoms with Crippen LogP contribution in [0.1, 0.15) is 17.1 Å². The van der Waals surface area contributed by atoms with Crippen LogP contribution in [0, 0.1) is 20.8 Å². The number of hydrogen-bond donors (Lipinski definition) is 0. The average molecular weight is 501 g/mol. The van der Waals surface area contributed by atoms with Gasteiger partial charge in [0, 0.05) is 11.3 Å². The molecule has 0 unspecified atom stereocenters. The molecule has 7 aromatic rings. The van der Waals surface area contributed by atoms with Crippen LogP contribution in [-0.2, 0) is 0 Å². The molecule has 1 aromatic heterocycles. The standard InChI is InChI=1S/C37H28N2/c1-23-24(2)38-25(3)39-37(23)30-13-9-12-28(21-30)26-10-8-11-27(20-26)29-18-19-35-33-16-5-4-14-31(33)32-15-6-7-17-34(32)36(35)22-29/h4-22H,1-3H3. The molecule has 7 rings (SSSR count). The summed E-state index contributed by atoms with van der Waals surface area (Å²) in [5.74, 6) is 0.803. The van der Waals surface area contributed by atoms with Gasteiger partial charge in [0.15, 0.2) is 0 Å². The average Bonchev–Trinajstić information content (AvgIpc) is 2.99. The first kappa shape index (κ1) is 23.3. The van der Waals surface area contributed by atoms with Gasteiger partial charge in [0.1, 0.15) is 5.82 Å². The van der Waals surface area contributed by atoms with E-state index in [1.165, 1.54) is 54.6 Å². The minimum Gasteiger partial charge on any atom is -0.238 e. The molecule has 186 valence electrons. The lowest BCUT2D eigenvalue weighted by Gasteiger charge is -2.13. The lowest BCUT2D eigenvalue weighted by atomic mass is 9.91. The summed E-state index contributed by atoms with van der Waals surface area (Å²) < 4.78 is 0. The molecule has 0 saturated carbocycles. The van der Waals surface area contributed by atoms with E-state index in [1.807, 2.05) is 6.92 Å². The van der Waals surface area contributed by atoms with Crippen molar-refractivity contribution in [1.82, 2.24) is 9.97 Å². The molecule has 6 aromatic carbocycles. The van der Waals surface area contributed by atoms with E-state index in [-0.39, 0.29) is 0 Å². The lowest BCUT2D eigenvalue weighted by molar-refractivity contribution is 0.992. The quantitative estimate of drug-likeness (QED) is 0.226. The van der Waals surface area contributed by atoms with Gasteiger partial charge in [0.2, 0.25) is 0 Å². The van der Waals surface area contributed by atoms with Gasteiger partial charge in [-0.1, -0.05) is 97.1 Å². The third-order valence-corrected chi connectivity index (χ3v) is 7.91. The SMILES string of the molecule is Cc1nc(C)c(C)c(-c2cccc(-c3cccc(-c4ccc5c6ccccc6c6ccccc6c5c4)c3)c2)n1. The van der Waals surface area contributed by atoms with Crippen LogP contribution in [0.25, 0.3) is 65.8 Å².